The Morgan fingerprint density at radius 2 is 0.882 bits per heavy atom. The topological polar surface area (TPSA) is 0 Å². The number of hydrogen-bond donors (Lipinski definition) is 0. The van der Waals surface area contributed by atoms with E-state index in [4.69, 9.17) is 0 Å². The summed E-state index contributed by atoms with van der Waals surface area (Å²) in [6.45, 7) is 0. The molecule has 2 aromatic carbocycles. The van der Waals surface area contributed by atoms with E-state index in [1.807, 2.05) is 68.9 Å². The van der Waals surface area contributed by atoms with Crippen LogP contribution in [0.4, 0.5) is 0 Å². The highest BCUT2D eigenvalue weighted by molar-refractivity contribution is 8.05. The molecule has 34 heavy (non-hydrogen) atoms. The summed E-state index contributed by atoms with van der Waals surface area (Å²) in [5, 5.41) is 4.30. The van der Waals surface area contributed by atoms with Crippen LogP contribution in [0.3, 0.4) is 0 Å². The lowest BCUT2D eigenvalue weighted by Gasteiger charge is -2.22. The fraction of sp³-hybridized carbons (Fsp3) is 0. The third-order valence-corrected chi connectivity index (χ3v) is 12.7. The Morgan fingerprint density at radius 3 is 1.35 bits per heavy atom. The standard InChI is InChI=1S/C28H16S6/c1-5-17(19-11-13-23(31-19)21-9-3-15-29-21)27-25(7-1)33-26-8-2-6-18(28(26)34-27)20-12-14-24(32-20)22-10-4-16-30-22/h1-16H. The van der Waals surface area contributed by atoms with Gasteiger partial charge in [-0.15, -0.1) is 45.3 Å². The van der Waals surface area contributed by atoms with Gasteiger partial charge in [-0.1, -0.05) is 59.9 Å². The van der Waals surface area contributed by atoms with Crippen LogP contribution in [-0.2, 0) is 0 Å². The molecule has 0 amide bonds. The van der Waals surface area contributed by atoms with Crippen LogP contribution in [0.1, 0.15) is 0 Å². The van der Waals surface area contributed by atoms with Crippen molar-refractivity contribution in [3.63, 3.8) is 0 Å². The number of thiophene rings is 4. The smallest absolute Gasteiger partial charge is 0.0449 e. The van der Waals surface area contributed by atoms with Crippen LogP contribution in [-0.4, -0.2) is 0 Å². The summed E-state index contributed by atoms with van der Waals surface area (Å²) >= 11 is 11.2. The van der Waals surface area contributed by atoms with Crippen molar-refractivity contribution >= 4 is 68.9 Å². The molecule has 0 aliphatic carbocycles. The summed E-state index contributed by atoms with van der Waals surface area (Å²) in [5.41, 5.74) is 2.68. The number of fused-ring (bicyclic) bond motifs is 2. The van der Waals surface area contributed by atoms with E-state index < -0.39 is 0 Å². The van der Waals surface area contributed by atoms with E-state index in [1.54, 1.807) is 0 Å². The summed E-state index contributed by atoms with van der Waals surface area (Å²) in [6.07, 6.45) is 0. The van der Waals surface area contributed by atoms with Gasteiger partial charge < -0.3 is 0 Å². The van der Waals surface area contributed by atoms with Crippen molar-refractivity contribution in [2.75, 3.05) is 0 Å². The normalized spacial score (nSPS) is 12.5. The lowest BCUT2D eigenvalue weighted by molar-refractivity contribution is 1.17. The largest absolute Gasteiger partial charge is 0.143 e. The summed E-state index contributed by atoms with van der Waals surface area (Å²) in [6, 6.07) is 31.3. The van der Waals surface area contributed by atoms with E-state index in [9.17, 15) is 0 Å². The van der Waals surface area contributed by atoms with Crippen LogP contribution < -0.4 is 0 Å². The highest BCUT2D eigenvalue weighted by atomic mass is 32.2. The van der Waals surface area contributed by atoms with Crippen LogP contribution in [0.2, 0.25) is 0 Å². The molecule has 1 aliphatic heterocycles. The van der Waals surface area contributed by atoms with Crippen molar-refractivity contribution in [1.82, 2.24) is 0 Å². The Bertz CT molecular complexity index is 1480. The maximum absolute atomic E-state index is 2.29. The summed E-state index contributed by atoms with van der Waals surface area (Å²) < 4.78 is 0. The van der Waals surface area contributed by atoms with Gasteiger partial charge in [-0.05, 0) is 59.3 Å². The maximum atomic E-state index is 2.29. The van der Waals surface area contributed by atoms with Crippen LogP contribution in [0.5, 0.6) is 0 Å². The Hall–Kier alpha value is -2.06. The van der Waals surface area contributed by atoms with Crippen LogP contribution >= 0.6 is 68.9 Å². The molecule has 6 aromatic rings. The third kappa shape index (κ3) is 3.73. The molecular formula is C28H16S6. The van der Waals surface area contributed by atoms with E-state index in [0.29, 0.717) is 0 Å². The lowest BCUT2D eigenvalue weighted by atomic mass is 10.2. The van der Waals surface area contributed by atoms with Gasteiger partial charge in [0.2, 0.25) is 0 Å². The van der Waals surface area contributed by atoms with Crippen molar-refractivity contribution in [3.05, 3.63) is 95.7 Å². The molecule has 164 valence electrons. The third-order valence-electron chi connectivity index (χ3n) is 5.65. The molecule has 5 heterocycles. The van der Waals surface area contributed by atoms with E-state index in [2.05, 4.69) is 95.7 Å². The van der Waals surface area contributed by atoms with Gasteiger partial charge in [0.25, 0.3) is 0 Å². The van der Waals surface area contributed by atoms with Crippen molar-refractivity contribution < 1.29 is 0 Å². The summed E-state index contributed by atoms with van der Waals surface area (Å²) in [4.78, 5) is 13.5. The molecule has 0 fully saturated rings. The number of benzene rings is 2. The molecule has 4 aromatic heterocycles. The first-order valence-electron chi connectivity index (χ1n) is 10.7. The second-order valence-corrected chi connectivity index (χ2v) is 13.9. The van der Waals surface area contributed by atoms with E-state index in [0.717, 1.165) is 0 Å². The fourth-order valence-corrected chi connectivity index (χ4v) is 10.5. The molecule has 0 spiro atoms. The molecule has 0 atom stereocenters. The number of rotatable bonds is 4. The van der Waals surface area contributed by atoms with Crippen molar-refractivity contribution in [2.24, 2.45) is 0 Å². The van der Waals surface area contributed by atoms with Crippen LogP contribution in [0.25, 0.3) is 40.4 Å². The highest BCUT2D eigenvalue weighted by Crippen LogP contribution is 2.55. The molecule has 0 saturated heterocycles. The van der Waals surface area contributed by atoms with E-state index in [1.165, 1.54) is 60.0 Å². The molecule has 0 nitrogen and oxygen atoms in total. The Morgan fingerprint density at radius 1 is 0.382 bits per heavy atom. The molecular weight excluding hydrogens is 529 g/mol. The van der Waals surface area contributed by atoms with Gasteiger partial charge in [0.15, 0.2) is 0 Å². The molecule has 6 heteroatoms. The van der Waals surface area contributed by atoms with Gasteiger partial charge >= 0.3 is 0 Å². The van der Waals surface area contributed by atoms with Gasteiger partial charge in [-0.25, -0.2) is 0 Å². The predicted octanol–water partition coefficient (Wildman–Crippen LogP) is 11.2. The predicted molar refractivity (Wildman–Crippen MR) is 154 cm³/mol. The monoisotopic (exact) mass is 544 g/mol. The summed E-state index contributed by atoms with van der Waals surface area (Å²) in [5.74, 6) is 0. The lowest BCUT2D eigenvalue weighted by Crippen LogP contribution is -1.93. The molecule has 0 N–H and O–H groups in total. The van der Waals surface area contributed by atoms with Gasteiger partial charge in [0.05, 0.1) is 0 Å². The molecule has 0 unspecified atom stereocenters. The molecule has 1 aliphatic rings. The summed E-state index contributed by atoms with van der Waals surface area (Å²) in [7, 11) is 0. The minimum absolute atomic E-state index is 1.34. The molecule has 7 rings (SSSR count). The average Bonchev–Trinajstić information content (AvgIpc) is 3.69. The van der Waals surface area contributed by atoms with Gasteiger partial charge in [0, 0.05) is 60.0 Å². The Kier molecular flexibility index (Phi) is 5.54. The quantitative estimate of drug-likeness (QED) is 0.216. The maximum Gasteiger partial charge on any atom is 0.0449 e. The first kappa shape index (κ1) is 21.2. The van der Waals surface area contributed by atoms with Gasteiger partial charge in [0.1, 0.15) is 0 Å². The average molecular weight is 545 g/mol. The SMILES string of the molecule is c1csc(-c2ccc(-c3cccc4c3Sc3c(cccc3-c3ccc(-c5cccs5)s3)S4)s2)c1. The molecule has 0 bridgehead atoms. The zero-order chi connectivity index (χ0) is 22.5. The fourth-order valence-electron chi connectivity index (χ4n) is 4.08. The minimum atomic E-state index is 1.34. The molecule has 0 saturated carbocycles. The molecule has 0 radical (unpaired) electrons. The van der Waals surface area contributed by atoms with Gasteiger partial charge in [-0.2, -0.15) is 0 Å². The van der Waals surface area contributed by atoms with Crippen molar-refractivity contribution in [2.45, 2.75) is 19.6 Å². The first-order valence-corrected chi connectivity index (χ1v) is 15.8. The van der Waals surface area contributed by atoms with Crippen LogP contribution in [0, 0.1) is 0 Å². The minimum Gasteiger partial charge on any atom is -0.143 e. The highest BCUT2D eigenvalue weighted by Gasteiger charge is 2.24. The number of hydrogen-bond acceptors (Lipinski definition) is 6. The Labute approximate surface area is 223 Å². The second-order valence-electron chi connectivity index (χ2n) is 7.75. The van der Waals surface area contributed by atoms with E-state index >= 15 is 0 Å². The zero-order valence-electron chi connectivity index (χ0n) is 17.7. The zero-order valence-corrected chi connectivity index (χ0v) is 22.6. The van der Waals surface area contributed by atoms with Crippen LogP contribution in [0.15, 0.2) is 115 Å². The second kappa shape index (κ2) is 8.86. The van der Waals surface area contributed by atoms with E-state index in [-0.39, 0.29) is 0 Å². The Balaban J connectivity index is 1.29. The van der Waals surface area contributed by atoms with Crippen molar-refractivity contribution in [1.29, 1.82) is 0 Å². The first-order chi connectivity index (χ1) is 16.8. The van der Waals surface area contributed by atoms with Gasteiger partial charge in [-0.3, -0.25) is 0 Å². The van der Waals surface area contributed by atoms with Crippen molar-refractivity contribution in [3.8, 4) is 40.4 Å².